The minimum Gasteiger partial charge on any atom is -0.331 e. The maximum absolute atomic E-state index is 12.6. The molecule has 0 saturated carbocycles. The molecule has 174 valence electrons. The summed E-state index contributed by atoms with van der Waals surface area (Å²) < 4.78 is 30.9. The molecule has 1 N–H and O–H groups in total. The lowest BCUT2D eigenvalue weighted by atomic mass is 10.2. The van der Waals surface area contributed by atoms with Gasteiger partial charge in [0.15, 0.2) is 0 Å². The van der Waals surface area contributed by atoms with Crippen LogP contribution in [0.3, 0.4) is 0 Å². The Morgan fingerprint density at radius 3 is 2.33 bits per heavy atom. The molecule has 0 aliphatic heterocycles. The number of hydrogen-bond donors (Lipinski definition) is 1. The Hall–Kier alpha value is -3.44. The number of hydrogen-bond acceptors (Lipinski definition) is 5. The molecule has 0 spiro atoms. The Kier molecular flexibility index (Phi) is 5.62. The van der Waals surface area contributed by atoms with Gasteiger partial charge in [0, 0.05) is 53.8 Å². The van der Waals surface area contributed by atoms with Crippen LogP contribution in [0.2, 0.25) is 0 Å². The van der Waals surface area contributed by atoms with Crippen molar-refractivity contribution in [3.8, 4) is 0 Å². The largest absolute Gasteiger partial charge is 0.331 e. The Bertz CT molecular complexity index is 1560. The predicted molar refractivity (Wildman–Crippen MR) is 127 cm³/mol. The summed E-state index contributed by atoms with van der Waals surface area (Å²) in [6, 6.07) is 10.2. The number of amides is 1. The zero-order chi connectivity index (χ0) is 24.1. The van der Waals surface area contributed by atoms with Crippen LogP contribution >= 0.6 is 0 Å². The van der Waals surface area contributed by atoms with E-state index in [-0.39, 0.29) is 22.9 Å². The summed E-state index contributed by atoms with van der Waals surface area (Å²) in [4.78, 5) is 29.4. The second-order valence-electron chi connectivity index (χ2n) is 8.18. The third-order valence-corrected chi connectivity index (χ3v) is 7.67. The quantitative estimate of drug-likeness (QED) is 0.460. The standard InChI is InChI=1S/C22H26N6O4S/c1-25(2)33(31,32)15-7-9-17-16(13-15)24-20(26(17)3)10-11-21(29)23-14-6-8-18-19(12-14)28(5)22(30)27(18)4/h6-9,12-13H,10-11H2,1-5H3,(H,23,29). The Morgan fingerprint density at radius 1 is 0.970 bits per heavy atom. The van der Waals surface area contributed by atoms with E-state index in [1.54, 1.807) is 55.1 Å². The van der Waals surface area contributed by atoms with Gasteiger partial charge in [-0.15, -0.1) is 0 Å². The van der Waals surface area contributed by atoms with Gasteiger partial charge in [0.25, 0.3) is 0 Å². The predicted octanol–water partition coefficient (Wildman–Crippen LogP) is 1.59. The van der Waals surface area contributed by atoms with Crippen LogP contribution in [0.1, 0.15) is 12.2 Å². The fraction of sp³-hybridized carbons (Fsp3) is 0.318. The summed E-state index contributed by atoms with van der Waals surface area (Å²) in [5.41, 5.74) is 3.36. The van der Waals surface area contributed by atoms with Crippen molar-refractivity contribution in [2.24, 2.45) is 21.1 Å². The lowest BCUT2D eigenvalue weighted by Crippen LogP contribution is -2.22. The van der Waals surface area contributed by atoms with E-state index in [1.807, 2.05) is 11.6 Å². The number of fused-ring (bicyclic) bond motifs is 2. The number of carbonyl (C=O) groups excluding carboxylic acids is 1. The molecular weight excluding hydrogens is 444 g/mol. The van der Waals surface area contributed by atoms with Crippen molar-refractivity contribution in [1.82, 2.24) is 23.0 Å². The summed E-state index contributed by atoms with van der Waals surface area (Å²) in [5.74, 6) is 0.499. The molecule has 0 unspecified atom stereocenters. The van der Waals surface area contributed by atoms with E-state index in [1.165, 1.54) is 18.7 Å². The molecular formula is C22H26N6O4S. The van der Waals surface area contributed by atoms with Gasteiger partial charge >= 0.3 is 5.69 Å². The first-order valence-corrected chi connectivity index (χ1v) is 11.8. The SMILES string of the molecule is CN(C)S(=O)(=O)c1ccc2c(c1)nc(CCC(=O)Nc1ccc3c(c1)n(C)c(=O)n3C)n2C. The highest BCUT2D eigenvalue weighted by Crippen LogP contribution is 2.22. The number of nitrogens with zero attached hydrogens (tertiary/aromatic N) is 5. The number of imidazole rings is 2. The first-order chi connectivity index (χ1) is 15.5. The molecule has 1 amide bonds. The molecule has 2 aromatic heterocycles. The normalized spacial score (nSPS) is 12.2. The summed E-state index contributed by atoms with van der Waals surface area (Å²) in [5, 5.41) is 2.87. The van der Waals surface area contributed by atoms with Gasteiger partial charge in [-0.2, -0.15) is 0 Å². The first-order valence-electron chi connectivity index (χ1n) is 10.3. The van der Waals surface area contributed by atoms with Crippen molar-refractivity contribution in [2.75, 3.05) is 19.4 Å². The lowest BCUT2D eigenvalue weighted by Gasteiger charge is -2.10. The minimum absolute atomic E-state index is 0.128. The molecule has 0 bridgehead atoms. The summed E-state index contributed by atoms with van der Waals surface area (Å²) in [6.45, 7) is 0. The second kappa shape index (κ2) is 8.16. The number of sulfonamides is 1. The number of rotatable bonds is 6. The Labute approximate surface area is 191 Å². The summed E-state index contributed by atoms with van der Waals surface area (Å²) in [7, 11) is 4.65. The molecule has 0 saturated heterocycles. The van der Waals surface area contributed by atoms with Crippen molar-refractivity contribution >= 4 is 43.7 Å². The maximum Gasteiger partial charge on any atom is 0.328 e. The summed E-state index contributed by atoms with van der Waals surface area (Å²) in [6.07, 6.45) is 0.588. The fourth-order valence-electron chi connectivity index (χ4n) is 3.86. The average molecular weight is 471 g/mol. The lowest BCUT2D eigenvalue weighted by molar-refractivity contribution is -0.116. The van der Waals surface area contributed by atoms with Crippen LogP contribution in [0.15, 0.2) is 46.1 Å². The van der Waals surface area contributed by atoms with Crippen LogP contribution < -0.4 is 11.0 Å². The van der Waals surface area contributed by atoms with E-state index in [9.17, 15) is 18.0 Å². The van der Waals surface area contributed by atoms with Crippen LogP contribution in [0.25, 0.3) is 22.1 Å². The van der Waals surface area contributed by atoms with Crippen molar-refractivity contribution < 1.29 is 13.2 Å². The number of aromatic nitrogens is 4. The number of nitrogens with one attached hydrogen (secondary N) is 1. The van der Waals surface area contributed by atoms with E-state index in [4.69, 9.17) is 0 Å². The summed E-state index contributed by atoms with van der Waals surface area (Å²) >= 11 is 0. The van der Waals surface area contributed by atoms with E-state index < -0.39 is 10.0 Å². The second-order valence-corrected chi connectivity index (χ2v) is 10.3. The van der Waals surface area contributed by atoms with Crippen molar-refractivity contribution in [1.29, 1.82) is 0 Å². The van der Waals surface area contributed by atoms with Gasteiger partial charge < -0.3 is 9.88 Å². The molecule has 0 fully saturated rings. The smallest absolute Gasteiger partial charge is 0.328 e. The van der Waals surface area contributed by atoms with Crippen LogP contribution in [-0.4, -0.2) is 51.4 Å². The van der Waals surface area contributed by atoms with Crippen molar-refractivity contribution in [3.05, 3.63) is 52.7 Å². The van der Waals surface area contributed by atoms with Crippen molar-refractivity contribution in [3.63, 3.8) is 0 Å². The molecule has 4 rings (SSSR count). The van der Waals surface area contributed by atoms with Gasteiger partial charge in [0.2, 0.25) is 15.9 Å². The average Bonchev–Trinajstić information content (AvgIpc) is 3.20. The molecule has 4 aromatic rings. The highest BCUT2D eigenvalue weighted by molar-refractivity contribution is 7.89. The van der Waals surface area contributed by atoms with Crippen molar-refractivity contribution in [2.45, 2.75) is 17.7 Å². The zero-order valence-corrected chi connectivity index (χ0v) is 20.0. The van der Waals surface area contributed by atoms with Gasteiger partial charge in [-0.3, -0.25) is 13.9 Å². The van der Waals surface area contributed by atoms with E-state index in [0.29, 0.717) is 23.4 Å². The Balaban J connectivity index is 1.51. The van der Waals surface area contributed by atoms with Gasteiger partial charge in [-0.05, 0) is 36.4 Å². The molecule has 0 radical (unpaired) electrons. The molecule has 11 heteroatoms. The van der Waals surface area contributed by atoms with Crippen LogP contribution in [0.5, 0.6) is 0 Å². The van der Waals surface area contributed by atoms with Gasteiger partial charge in [0.05, 0.1) is 27.0 Å². The third kappa shape index (κ3) is 3.93. The highest BCUT2D eigenvalue weighted by Gasteiger charge is 2.19. The molecule has 10 nitrogen and oxygen atoms in total. The van der Waals surface area contributed by atoms with Crippen LogP contribution in [0, 0.1) is 0 Å². The van der Waals surface area contributed by atoms with E-state index >= 15 is 0 Å². The molecule has 2 heterocycles. The van der Waals surface area contributed by atoms with Gasteiger partial charge in [-0.1, -0.05) is 0 Å². The van der Waals surface area contributed by atoms with Gasteiger partial charge in [-0.25, -0.2) is 22.5 Å². The molecule has 2 aromatic carbocycles. The zero-order valence-electron chi connectivity index (χ0n) is 19.2. The molecule has 0 aliphatic carbocycles. The molecule has 0 atom stereocenters. The number of anilines is 1. The fourth-order valence-corrected chi connectivity index (χ4v) is 4.78. The first kappa shape index (κ1) is 22.7. The molecule has 33 heavy (non-hydrogen) atoms. The number of benzene rings is 2. The third-order valence-electron chi connectivity index (χ3n) is 5.85. The Morgan fingerprint density at radius 2 is 1.64 bits per heavy atom. The minimum atomic E-state index is -3.56. The monoisotopic (exact) mass is 470 g/mol. The maximum atomic E-state index is 12.6. The topological polar surface area (TPSA) is 111 Å². The number of carbonyl (C=O) groups is 1. The van der Waals surface area contributed by atoms with Crippen LogP contribution in [-0.2, 0) is 42.4 Å². The van der Waals surface area contributed by atoms with E-state index in [0.717, 1.165) is 20.9 Å². The molecule has 0 aliphatic rings. The highest BCUT2D eigenvalue weighted by atomic mass is 32.2. The van der Waals surface area contributed by atoms with Crippen LogP contribution in [0.4, 0.5) is 5.69 Å². The number of aryl methyl sites for hydroxylation is 4. The van der Waals surface area contributed by atoms with E-state index in [2.05, 4.69) is 10.3 Å². The van der Waals surface area contributed by atoms with Gasteiger partial charge in [0.1, 0.15) is 5.82 Å².